The van der Waals surface area contributed by atoms with Gasteiger partial charge in [0.05, 0.1) is 18.1 Å². The number of ether oxygens (including phenoxy) is 1. The van der Waals surface area contributed by atoms with Crippen LogP contribution < -0.4 is 4.74 Å². The van der Waals surface area contributed by atoms with E-state index in [1.165, 1.54) is 0 Å². The van der Waals surface area contributed by atoms with E-state index in [0.717, 1.165) is 31.8 Å². The molecule has 5 heteroatoms. The minimum absolute atomic E-state index is 0.148. The lowest BCUT2D eigenvalue weighted by Gasteiger charge is -2.11. The van der Waals surface area contributed by atoms with Gasteiger partial charge in [0.2, 0.25) is 0 Å². The van der Waals surface area contributed by atoms with E-state index in [2.05, 4.69) is 28.2 Å². The van der Waals surface area contributed by atoms with E-state index < -0.39 is 0 Å². The molecule has 3 rings (SSSR count). The van der Waals surface area contributed by atoms with Gasteiger partial charge in [0, 0.05) is 21.0 Å². The van der Waals surface area contributed by atoms with Crippen LogP contribution in [0.15, 0.2) is 89.0 Å². The quantitative estimate of drug-likeness (QED) is 0.515. The van der Waals surface area contributed by atoms with Crippen LogP contribution in [0.4, 0.5) is 0 Å². The number of aromatic amines is 1. The standard InChI is InChI=1S/C22H21ClN2OS/c1-16(2)26-19-10-6-17(7-11-19)22-21(5-3-4-14-24-15-25-22)27-20-12-8-18(23)9-13-20/h3-16H,1-2H3,(H,24,25). The van der Waals surface area contributed by atoms with Crippen molar-refractivity contribution >= 4 is 23.4 Å². The zero-order chi connectivity index (χ0) is 19.1. The van der Waals surface area contributed by atoms with Crippen molar-refractivity contribution < 1.29 is 4.74 Å². The summed E-state index contributed by atoms with van der Waals surface area (Å²) >= 11 is 7.68. The highest BCUT2D eigenvalue weighted by Crippen LogP contribution is 2.34. The molecule has 3 nitrogen and oxygen atoms in total. The van der Waals surface area contributed by atoms with Crippen LogP contribution in [0.1, 0.15) is 13.8 Å². The molecule has 0 aliphatic carbocycles. The van der Waals surface area contributed by atoms with E-state index >= 15 is 0 Å². The van der Waals surface area contributed by atoms with E-state index in [-0.39, 0.29) is 6.10 Å². The average Bonchev–Trinajstić information content (AvgIpc) is 2.76. The Labute approximate surface area is 169 Å². The molecule has 1 aromatic heterocycles. The van der Waals surface area contributed by atoms with Gasteiger partial charge in [-0.2, -0.15) is 0 Å². The van der Waals surface area contributed by atoms with Gasteiger partial charge >= 0.3 is 0 Å². The van der Waals surface area contributed by atoms with Gasteiger partial charge in [-0.25, -0.2) is 4.98 Å². The maximum atomic E-state index is 6.01. The van der Waals surface area contributed by atoms with Crippen molar-refractivity contribution in [3.63, 3.8) is 0 Å². The Morgan fingerprint density at radius 3 is 2.41 bits per heavy atom. The Bertz CT molecular complexity index is 920. The first-order chi connectivity index (χ1) is 13.1. The highest BCUT2D eigenvalue weighted by molar-refractivity contribution is 7.99. The minimum atomic E-state index is 0.148. The first-order valence-electron chi connectivity index (χ1n) is 8.68. The number of rotatable bonds is 5. The Kier molecular flexibility index (Phi) is 6.80. The van der Waals surface area contributed by atoms with Crippen LogP contribution in [-0.2, 0) is 0 Å². The van der Waals surface area contributed by atoms with Crippen molar-refractivity contribution in [2.24, 2.45) is 0 Å². The summed E-state index contributed by atoms with van der Waals surface area (Å²) in [6, 6.07) is 21.9. The first-order valence-corrected chi connectivity index (χ1v) is 9.87. The minimum Gasteiger partial charge on any atom is -0.491 e. The molecule has 0 aliphatic rings. The predicted molar refractivity (Wildman–Crippen MR) is 113 cm³/mol. The summed E-state index contributed by atoms with van der Waals surface area (Å²) < 4.78 is 5.75. The van der Waals surface area contributed by atoms with Crippen LogP contribution in [-0.4, -0.2) is 16.1 Å². The third-order valence-corrected chi connectivity index (χ3v) is 4.94. The second-order valence-electron chi connectivity index (χ2n) is 6.11. The molecule has 0 aliphatic heterocycles. The second-order valence-corrected chi connectivity index (χ2v) is 7.66. The summed E-state index contributed by atoms with van der Waals surface area (Å²) in [4.78, 5) is 9.73. The number of hydrogen-bond acceptors (Lipinski definition) is 3. The van der Waals surface area contributed by atoms with Crippen molar-refractivity contribution in [2.75, 3.05) is 0 Å². The lowest BCUT2D eigenvalue weighted by molar-refractivity contribution is 0.242. The molecular weight excluding hydrogens is 376 g/mol. The molecule has 138 valence electrons. The van der Waals surface area contributed by atoms with Gasteiger partial charge in [-0.05, 0) is 80.1 Å². The third-order valence-electron chi connectivity index (χ3n) is 3.62. The molecule has 0 atom stereocenters. The fourth-order valence-electron chi connectivity index (χ4n) is 2.45. The van der Waals surface area contributed by atoms with Gasteiger partial charge in [-0.1, -0.05) is 29.4 Å². The SMILES string of the molecule is CC(C)Oc1ccc(-c2[nH]cnccccc2Sc2ccc(Cl)cc2)cc1. The number of nitrogens with zero attached hydrogens (tertiary/aromatic N) is 1. The van der Waals surface area contributed by atoms with E-state index in [9.17, 15) is 0 Å². The van der Waals surface area contributed by atoms with Gasteiger partial charge in [0.25, 0.3) is 0 Å². The maximum absolute atomic E-state index is 6.01. The molecule has 0 amide bonds. The summed E-state index contributed by atoms with van der Waals surface area (Å²) in [7, 11) is 0. The maximum Gasteiger partial charge on any atom is 0.119 e. The monoisotopic (exact) mass is 396 g/mol. The highest BCUT2D eigenvalue weighted by Gasteiger charge is 2.07. The van der Waals surface area contributed by atoms with Gasteiger partial charge < -0.3 is 9.72 Å². The summed E-state index contributed by atoms with van der Waals surface area (Å²) in [6.45, 7) is 4.04. The number of H-pyrrole nitrogens is 1. The second kappa shape index (κ2) is 9.49. The summed E-state index contributed by atoms with van der Waals surface area (Å²) in [6.07, 6.45) is 3.59. The van der Waals surface area contributed by atoms with Crippen LogP contribution in [0.2, 0.25) is 5.02 Å². The zero-order valence-corrected chi connectivity index (χ0v) is 16.8. The number of halogens is 1. The smallest absolute Gasteiger partial charge is 0.119 e. The zero-order valence-electron chi connectivity index (χ0n) is 15.2. The largest absolute Gasteiger partial charge is 0.491 e. The van der Waals surface area contributed by atoms with Gasteiger partial charge in [0.15, 0.2) is 0 Å². The van der Waals surface area contributed by atoms with E-state index in [1.54, 1.807) is 24.3 Å². The molecule has 0 saturated heterocycles. The number of nitrogens with one attached hydrogen (secondary N) is 1. The lowest BCUT2D eigenvalue weighted by atomic mass is 10.1. The van der Waals surface area contributed by atoms with Crippen LogP contribution in [0.5, 0.6) is 5.75 Å². The fourth-order valence-corrected chi connectivity index (χ4v) is 3.53. The normalized spacial score (nSPS) is 10.5. The Morgan fingerprint density at radius 1 is 0.963 bits per heavy atom. The third kappa shape index (κ3) is 5.78. The molecule has 2 aromatic carbocycles. The van der Waals surface area contributed by atoms with Crippen molar-refractivity contribution in [1.82, 2.24) is 9.97 Å². The highest BCUT2D eigenvalue weighted by atomic mass is 35.5. The van der Waals surface area contributed by atoms with Crippen molar-refractivity contribution in [3.8, 4) is 17.0 Å². The van der Waals surface area contributed by atoms with E-state index in [0.29, 0.717) is 0 Å². The van der Waals surface area contributed by atoms with Crippen LogP contribution in [0.25, 0.3) is 11.3 Å². The number of hydrogen-bond donors (Lipinski definition) is 1. The van der Waals surface area contributed by atoms with Crippen molar-refractivity contribution in [2.45, 2.75) is 29.7 Å². The van der Waals surface area contributed by atoms with Crippen molar-refractivity contribution in [3.05, 3.63) is 84.3 Å². The number of benzene rings is 2. The van der Waals surface area contributed by atoms with E-state index in [4.69, 9.17) is 16.3 Å². The summed E-state index contributed by atoms with van der Waals surface area (Å²) in [5.41, 5.74) is 2.04. The Morgan fingerprint density at radius 2 is 1.70 bits per heavy atom. The molecule has 0 saturated carbocycles. The molecule has 0 unspecified atom stereocenters. The van der Waals surface area contributed by atoms with Crippen molar-refractivity contribution in [1.29, 1.82) is 0 Å². The fraction of sp³-hybridized carbons (Fsp3) is 0.136. The predicted octanol–water partition coefficient (Wildman–Crippen LogP) is 6.79. The first kappa shape index (κ1) is 19.3. The number of aromatic nitrogens is 2. The van der Waals surface area contributed by atoms with Crippen LogP contribution >= 0.6 is 23.4 Å². The van der Waals surface area contributed by atoms with E-state index in [1.807, 2.05) is 62.4 Å². The van der Waals surface area contributed by atoms with Gasteiger partial charge in [-0.15, -0.1) is 0 Å². The molecule has 0 radical (unpaired) electrons. The molecular formula is C22H21ClN2OS. The topological polar surface area (TPSA) is 37.9 Å². The van der Waals surface area contributed by atoms with Crippen LogP contribution in [0.3, 0.4) is 0 Å². The molecule has 0 bridgehead atoms. The molecule has 27 heavy (non-hydrogen) atoms. The summed E-state index contributed by atoms with van der Waals surface area (Å²) in [5.74, 6) is 0.857. The summed E-state index contributed by atoms with van der Waals surface area (Å²) in [5, 5.41) is 0.729. The Balaban J connectivity index is 2.02. The Hall–Kier alpha value is -2.43. The average molecular weight is 397 g/mol. The molecule has 0 fully saturated rings. The lowest BCUT2D eigenvalue weighted by Crippen LogP contribution is -2.05. The molecule has 3 aromatic rings. The molecule has 1 N–H and O–H groups in total. The van der Waals surface area contributed by atoms with Gasteiger partial charge in [-0.3, -0.25) is 0 Å². The molecule has 0 spiro atoms. The van der Waals surface area contributed by atoms with Gasteiger partial charge in [0.1, 0.15) is 5.75 Å². The molecule has 1 heterocycles. The van der Waals surface area contributed by atoms with Crippen LogP contribution in [0, 0.1) is 0 Å².